The van der Waals surface area contributed by atoms with E-state index in [0.717, 1.165) is 5.56 Å². The molecular weight excluding hydrogens is 492 g/mol. The van der Waals surface area contributed by atoms with E-state index in [1.807, 2.05) is 0 Å². The maximum absolute atomic E-state index is 13.3. The zero-order valence-electron chi connectivity index (χ0n) is 19.4. The molecule has 2 N–H and O–H groups in total. The molecule has 1 fully saturated rings. The fourth-order valence-electron chi connectivity index (χ4n) is 4.53. The van der Waals surface area contributed by atoms with Crippen molar-refractivity contribution in [2.24, 2.45) is 12.5 Å². The zero-order valence-corrected chi connectivity index (χ0v) is 21.0. The summed E-state index contributed by atoms with van der Waals surface area (Å²) in [5.41, 5.74) is 0.750. The first-order valence-electron chi connectivity index (χ1n) is 10.9. The van der Waals surface area contributed by atoms with Gasteiger partial charge in [0.1, 0.15) is 21.3 Å². The molecular formula is C23H26N4O6S2. The summed E-state index contributed by atoms with van der Waals surface area (Å²) in [6.45, 7) is 5.52. The highest BCUT2D eigenvalue weighted by Gasteiger charge is 2.46. The van der Waals surface area contributed by atoms with Crippen molar-refractivity contribution in [3.8, 4) is 11.8 Å². The molecule has 0 saturated carbocycles. The predicted octanol–water partition coefficient (Wildman–Crippen LogP) is 1.88. The van der Waals surface area contributed by atoms with Crippen molar-refractivity contribution >= 4 is 31.5 Å². The van der Waals surface area contributed by atoms with Gasteiger partial charge >= 0.3 is 0 Å². The molecule has 3 heterocycles. The Hall–Kier alpha value is -3.14. The number of carbonyl (C=O) groups excluding carboxylic acids is 1. The highest BCUT2D eigenvalue weighted by molar-refractivity contribution is 7.91. The first kappa shape index (κ1) is 25.0. The van der Waals surface area contributed by atoms with Gasteiger partial charge in [-0.15, -0.1) is 6.58 Å². The Labute approximate surface area is 204 Å². The van der Waals surface area contributed by atoms with Gasteiger partial charge in [0.15, 0.2) is 11.4 Å². The van der Waals surface area contributed by atoms with E-state index in [4.69, 9.17) is 4.74 Å². The Morgan fingerprint density at radius 1 is 1.31 bits per heavy atom. The Morgan fingerprint density at radius 2 is 2.00 bits per heavy atom. The lowest BCUT2D eigenvalue weighted by molar-refractivity contribution is 0.101. The topological polar surface area (TPSA) is 147 Å². The SMILES string of the molecule is C=CC1([C@@H]2COc3c(cn(C)c3C(=O)Nc3ccc(C)c(C#N)c3)S(=O)(=O)N2)CCS(=O)(=O)CC1. The number of benzene rings is 1. The van der Waals surface area contributed by atoms with Crippen LogP contribution in [-0.2, 0) is 26.9 Å². The Kier molecular flexibility index (Phi) is 6.29. The summed E-state index contributed by atoms with van der Waals surface area (Å²) in [6.07, 6.45) is 3.34. The quantitative estimate of drug-likeness (QED) is 0.587. The molecule has 1 atom stereocenters. The van der Waals surface area contributed by atoms with Gasteiger partial charge in [-0.25, -0.2) is 21.6 Å². The third-order valence-electron chi connectivity index (χ3n) is 6.77. The van der Waals surface area contributed by atoms with Crippen LogP contribution in [0.5, 0.6) is 5.75 Å². The molecule has 2 aromatic rings. The molecule has 12 heteroatoms. The third-order valence-corrected chi connectivity index (χ3v) is 9.89. The Bertz CT molecular complexity index is 1450. The lowest BCUT2D eigenvalue weighted by Crippen LogP contribution is -2.52. The highest BCUT2D eigenvalue weighted by atomic mass is 32.2. The summed E-state index contributed by atoms with van der Waals surface area (Å²) >= 11 is 0. The molecule has 0 bridgehead atoms. The monoisotopic (exact) mass is 518 g/mol. The van der Waals surface area contributed by atoms with Crippen molar-refractivity contribution in [3.05, 3.63) is 53.9 Å². The lowest BCUT2D eigenvalue weighted by atomic mass is 9.76. The van der Waals surface area contributed by atoms with Crippen LogP contribution in [0.3, 0.4) is 0 Å². The summed E-state index contributed by atoms with van der Waals surface area (Å²) < 4.78 is 60.4. The number of anilines is 1. The number of hydrogen-bond acceptors (Lipinski definition) is 7. The van der Waals surface area contributed by atoms with Crippen LogP contribution in [0.2, 0.25) is 0 Å². The number of aromatic nitrogens is 1. The number of rotatable bonds is 4. The molecule has 0 aliphatic carbocycles. The molecule has 2 aliphatic rings. The van der Waals surface area contributed by atoms with Crippen molar-refractivity contribution in [2.45, 2.75) is 30.7 Å². The second-order valence-corrected chi connectivity index (χ2v) is 12.9. The number of sulfone groups is 1. The van der Waals surface area contributed by atoms with Crippen LogP contribution < -0.4 is 14.8 Å². The number of nitrogens with one attached hydrogen (secondary N) is 2. The van der Waals surface area contributed by atoms with Gasteiger partial charge < -0.3 is 14.6 Å². The van der Waals surface area contributed by atoms with Gasteiger partial charge in [-0.2, -0.15) is 5.26 Å². The minimum absolute atomic E-state index is 0.00369. The minimum atomic E-state index is -4.09. The largest absolute Gasteiger partial charge is 0.488 e. The normalized spacial score (nSPS) is 22.0. The van der Waals surface area contributed by atoms with Crippen LogP contribution in [0.15, 0.2) is 41.9 Å². The fourth-order valence-corrected chi connectivity index (χ4v) is 7.62. The van der Waals surface area contributed by atoms with Gasteiger partial charge in [0.25, 0.3) is 5.91 Å². The Morgan fingerprint density at radius 3 is 2.63 bits per heavy atom. The van der Waals surface area contributed by atoms with E-state index in [9.17, 15) is 26.9 Å². The molecule has 0 radical (unpaired) electrons. The number of nitriles is 1. The smallest absolute Gasteiger partial charge is 0.276 e. The molecule has 4 rings (SSSR count). The molecule has 1 saturated heterocycles. The van der Waals surface area contributed by atoms with Crippen LogP contribution in [-0.4, -0.2) is 51.5 Å². The summed E-state index contributed by atoms with van der Waals surface area (Å²) in [5, 5.41) is 12.0. The third kappa shape index (κ3) is 4.59. The van der Waals surface area contributed by atoms with Gasteiger partial charge in [-0.3, -0.25) is 4.79 Å². The molecule has 1 aromatic heterocycles. The van der Waals surface area contributed by atoms with E-state index in [0.29, 0.717) is 11.3 Å². The second-order valence-electron chi connectivity index (χ2n) is 8.95. The van der Waals surface area contributed by atoms with E-state index in [2.05, 4.69) is 22.7 Å². The van der Waals surface area contributed by atoms with Crippen LogP contribution >= 0.6 is 0 Å². The number of carbonyl (C=O) groups is 1. The van der Waals surface area contributed by atoms with Crippen LogP contribution in [0, 0.1) is 23.7 Å². The van der Waals surface area contributed by atoms with Crippen molar-refractivity contribution in [1.82, 2.24) is 9.29 Å². The molecule has 35 heavy (non-hydrogen) atoms. The number of sulfonamides is 1. The summed E-state index contributed by atoms with van der Waals surface area (Å²) in [7, 11) is -5.75. The molecule has 0 unspecified atom stereocenters. The van der Waals surface area contributed by atoms with E-state index in [1.54, 1.807) is 25.1 Å². The van der Waals surface area contributed by atoms with Gasteiger partial charge in [0.2, 0.25) is 10.0 Å². The maximum atomic E-state index is 13.3. The summed E-state index contributed by atoms with van der Waals surface area (Å²) in [6, 6.07) is 6.19. The fraction of sp³-hybridized carbons (Fsp3) is 0.391. The van der Waals surface area contributed by atoms with Crippen LogP contribution in [0.4, 0.5) is 5.69 Å². The number of fused-ring (bicyclic) bond motifs is 1. The van der Waals surface area contributed by atoms with E-state index in [-0.39, 0.29) is 47.3 Å². The van der Waals surface area contributed by atoms with Crippen molar-refractivity contribution < 1.29 is 26.4 Å². The number of aryl methyl sites for hydroxylation is 2. The molecule has 0 spiro atoms. The molecule has 1 aromatic carbocycles. The molecule has 2 aliphatic heterocycles. The van der Waals surface area contributed by atoms with Crippen molar-refractivity contribution in [3.63, 3.8) is 0 Å². The Balaban J connectivity index is 1.66. The second kappa shape index (κ2) is 8.82. The summed E-state index contributed by atoms with van der Waals surface area (Å²) in [5.74, 6) is -0.826. The predicted molar refractivity (Wildman–Crippen MR) is 129 cm³/mol. The molecule has 186 valence electrons. The number of nitrogens with zero attached hydrogens (tertiary/aromatic N) is 2. The van der Waals surface area contributed by atoms with Gasteiger partial charge in [-0.1, -0.05) is 12.1 Å². The van der Waals surface area contributed by atoms with Crippen molar-refractivity contribution in [1.29, 1.82) is 5.26 Å². The maximum Gasteiger partial charge on any atom is 0.276 e. The van der Waals surface area contributed by atoms with Gasteiger partial charge in [0.05, 0.1) is 29.2 Å². The first-order valence-corrected chi connectivity index (χ1v) is 14.2. The van der Waals surface area contributed by atoms with Gasteiger partial charge in [0, 0.05) is 24.3 Å². The van der Waals surface area contributed by atoms with Crippen LogP contribution in [0.1, 0.15) is 34.5 Å². The average molecular weight is 519 g/mol. The lowest BCUT2D eigenvalue weighted by Gasteiger charge is -2.40. The number of amides is 1. The summed E-state index contributed by atoms with van der Waals surface area (Å²) in [4.78, 5) is 13.0. The highest BCUT2D eigenvalue weighted by Crippen LogP contribution is 2.41. The van der Waals surface area contributed by atoms with E-state index < -0.39 is 37.2 Å². The molecule has 1 amide bonds. The standard InChI is InChI=1S/C23H26N4O6S2/c1-4-23(7-9-34(29,30)10-8-23)19-14-33-21-18(35(31,32)26-19)13-27(3)20(21)22(28)25-17-6-5-15(2)16(11-17)12-24/h4-6,11,13,19,26H,1,7-10,14H2,2-3H3,(H,25,28)/t19-/m0/s1. The first-order chi connectivity index (χ1) is 16.4. The average Bonchev–Trinajstić information content (AvgIpc) is 3.09. The minimum Gasteiger partial charge on any atom is -0.488 e. The number of ether oxygens (including phenoxy) is 1. The van der Waals surface area contributed by atoms with Crippen molar-refractivity contribution in [2.75, 3.05) is 23.4 Å². The van der Waals surface area contributed by atoms with E-state index >= 15 is 0 Å². The number of hydrogen-bond donors (Lipinski definition) is 2. The van der Waals surface area contributed by atoms with Crippen LogP contribution in [0.25, 0.3) is 0 Å². The van der Waals surface area contributed by atoms with E-state index in [1.165, 1.54) is 23.9 Å². The van der Waals surface area contributed by atoms with Gasteiger partial charge in [-0.05, 0) is 37.5 Å². The molecule has 10 nitrogen and oxygen atoms in total. The zero-order chi connectivity index (χ0) is 25.6.